The van der Waals surface area contributed by atoms with Crippen LogP contribution in [0.15, 0.2) is 0 Å². The van der Waals surface area contributed by atoms with Crippen LogP contribution in [0.25, 0.3) is 11.5 Å². The van der Waals surface area contributed by atoms with Gasteiger partial charge < -0.3 is 36.3 Å². The molecule has 2 nitrogen and oxygen atoms in total. The zero-order valence-corrected chi connectivity index (χ0v) is 9.27. The van der Waals surface area contributed by atoms with Crippen molar-refractivity contribution in [2.75, 3.05) is 13.1 Å². The molecule has 0 amide bonds. The quantitative estimate of drug-likeness (QED) is 0.428. The van der Waals surface area contributed by atoms with E-state index in [4.69, 9.17) is 11.5 Å². The molecule has 0 aromatic carbocycles. The van der Waals surface area contributed by atoms with Crippen molar-refractivity contribution in [3.63, 3.8) is 0 Å². The van der Waals surface area contributed by atoms with Crippen molar-refractivity contribution in [3.8, 4) is 0 Å². The monoisotopic (exact) mass is 353 g/mol. The Morgan fingerprint density at radius 3 is 0.889 bits per heavy atom. The van der Waals surface area contributed by atoms with Crippen LogP contribution in [0.2, 0.25) is 0 Å². The minimum Gasteiger partial charge on any atom is -1.00 e. The summed E-state index contributed by atoms with van der Waals surface area (Å²) in [6, 6.07) is 0. The first-order valence-corrected chi connectivity index (χ1v) is 2.12. The van der Waals surface area contributed by atoms with Gasteiger partial charge in [-0.2, -0.15) is 13.1 Å². The molecule has 0 aliphatic rings. The van der Waals surface area contributed by atoms with Crippen LogP contribution in [-0.2, 0) is 21.1 Å². The normalized spacial score (nSPS) is 4.00. The van der Waals surface area contributed by atoms with Crippen LogP contribution < -0.4 is 24.8 Å². The predicted molar refractivity (Wildman–Crippen MR) is 29.7 cm³/mol. The number of hydrogen-bond donors (Lipinski definition) is 0. The fourth-order valence-electron chi connectivity index (χ4n) is 0. The van der Waals surface area contributed by atoms with Crippen LogP contribution in [0.5, 0.6) is 0 Å². The van der Waals surface area contributed by atoms with Gasteiger partial charge in [0.1, 0.15) is 0 Å². The first kappa shape index (κ1) is 32.0. The Morgan fingerprint density at radius 2 is 0.889 bits per heavy atom. The van der Waals surface area contributed by atoms with Gasteiger partial charge in [0, 0.05) is 0 Å². The third kappa shape index (κ3) is 336. The van der Waals surface area contributed by atoms with Gasteiger partial charge in [-0.15, -0.1) is 0 Å². The molecule has 0 aromatic heterocycles. The van der Waals surface area contributed by atoms with Crippen LogP contribution in [0.3, 0.4) is 0 Å². The molecular formula is C4H12Cl2N2Pt. The molecule has 0 radical (unpaired) electrons. The van der Waals surface area contributed by atoms with Gasteiger partial charge in [0.05, 0.1) is 0 Å². The van der Waals surface area contributed by atoms with Gasteiger partial charge >= 0.3 is 21.1 Å². The Bertz CT molecular complexity index is 18.5. The van der Waals surface area contributed by atoms with Crippen molar-refractivity contribution in [3.05, 3.63) is 11.5 Å². The van der Waals surface area contributed by atoms with E-state index < -0.39 is 0 Å². The SMILES string of the molecule is CC[NH-].CC[NH-].[Cl-].[Cl-].[Pt+4]. The van der Waals surface area contributed by atoms with Crippen LogP contribution in [-0.4, -0.2) is 13.1 Å². The second kappa shape index (κ2) is 60.6. The molecule has 0 saturated carbocycles. The summed E-state index contributed by atoms with van der Waals surface area (Å²) in [5.41, 5.74) is 12.4. The van der Waals surface area contributed by atoms with E-state index in [2.05, 4.69) is 0 Å². The molecule has 2 N–H and O–H groups in total. The number of halogens is 2. The van der Waals surface area contributed by atoms with Crippen LogP contribution in [0.4, 0.5) is 0 Å². The summed E-state index contributed by atoms with van der Waals surface area (Å²) in [6.07, 6.45) is 0. The van der Waals surface area contributed by atoms with Gasteiger partial charge in [-0.1, -0.05) is 13.8 Å². The zero-order chi connectivity index (χ0) is 5.41. The van der Waals surface area contributed by atoms with E-state index in [1.54, 1.807) is 13.8 Å². The van der Waals surface area contributed by atoms with Gasteiger partial charge in [0.15, 0.2) is 0 Å². The van der Waals surface area contributed by atoms with Crippen molar-refractivity contribution in [1.82, 2.24) is 0 Å². The van der Waals surface area contributed by atoms with Crippen molar-refractivity contribution < 1.29 is 45.9 Å². The maximum absolute atomic E-state index is 6.21. The maximum atomic E-state index is 6.21. The molecule has 0 heterocycles. The van der Waals surface area contributed by atoms with E-state index in [-0.39, 0.29) is 45.9 Å². The Kier molecular flexibility index (Phi) is 215. The molecule has 0 aliphatic carbocycles. The van der Waals surface area contributed by atoms with E-state index in [0.717, 1.165) is 0 Å². The van der Waals surface area contributed by atoms with Crippen LogP contribution in [0.1, 0.15) is 13.8 Å². The van der Waals surface area contributed by atoms with Crippen molar-refractivity contribution in [1.29, 1.82) is 0 Å². The summed E-state index contributed by atoms with van der Waals surface area (Å²) >= 11 is 0. The van der Waals surface area contributed by atoms with E-state index >= 15 is 0 Å². The van der Waals surface area contributed by atoms with Crippen molar-refractivity contribution in [2.45, 2.75) is 13.8 Å². The molecule has 0 saturated heterocycles. The van der Waals surface area contributed by atoms with Gasteiger partial charge in [-0.05, 0) is 0 Å². The Balaban J connectivity index is -0.00000000889. The van der Waals surface area contributed by atoms with Gasteiger partial charge in [0.2, 0.25) is 0 Å². The smallest absolute Gasteiger partial charge is 1.00 e. The molecule has 62 valence electrons. The molecule has 0 aliphatic heterocycles. The topological polar surface area (TPSA) is 47.6 Å². The van der Waals surface area contributed by atoms with Crippen molar-refractivity contribution in [2.24, 2.45) is 0 Å². The third-order valence-electron chi connectivity index (χ3n) is 0. The molecule has 0 bridgehead atoms. The molecule has 0 aromatic rings. The summed E-state index contributed by atoms with van der Waals surface area (Å²) in [5, 5.41) is 0. The van der Waals surface area contributed by atoms with E-state index in [1.165, 1.54) is 0 Å². The fraction of sp³-hybridized carbons (Fsp3) is 1.00. The average Bonchev–Trinajstić information content (AvgIpc) is 1.39. The second-order valence-corrected chi connectivity index (χ2v) is 0.707. The standard InChI is InChI=1S/2C2H6N.2ClH.Pt/c2*1-2-3;;;/h2*3H,2H2,1H3;2*1H;/q2*-1;;;+4/p-2. The number of hydrogen-bond acceptors (Lipinski definition) is 0. The molecule has 0 unspecified atom stereocenters. The Labute approximate surface area is 84.2 Å². The summed E-state index contributed by atoms with van der Waals surface area (Å²) < 4.78 is 0. The average molecular weight is 354 g/mol. The molecule has 0 spiro atoms. The minimum absolute atomic E-state index is 0. The summed E-state index contributed by atoms with van der Waals surface area (Å²) in [4.78, 5) is 0. The molecule has 9 heavy (non-hydrogen) atoms. The summed E-state index contributed by atoms with van der Waals surface area (Å²) in [5.74, 6) is 0. The fourth-order valence-corrected chi connectivity index (χ4v) is 0. The number of nitrogens with one attached hydrogen (secondary N) is 2. The minimum atomic E-state index is 0. The number of rotatable bonds is 0. The molecule has 0 fully saturated rings. The van der Waals surface area contributed by atoms with Crippen molar-refractivity contribution >= 4 is 0 Å². The maximum Gasteiger partial charge on any atom is 4.00 e. The molecule has 5 heteroatoms. The Morgan fingerprint density at radius 1 is 0.889 bits per heavy atom. The van der Waals surface area contributed by atoms with Crippen LogP contribution >= 0.6 is 0 Å². The Hall–Kier alpha value is 1.19. The predicted octanol–water partition coefficient (Wildman–Crippen LogP) is -3.88. The van der Waals surface area contributed by atoms with Gasteiger partial charge in [0.25, 0.3) is 0 Å². The van der Waals surface area contributed by atoms with Gasteiger partial charge in [-0.25, -0.2) is 0 Å². The first-order chi connectivity index (χ1) is 2.83. The molecular weight excluding hydrogens is 342 g/mol. The van der Waals surface area contributed by atoms with Crippen LogP contribution in [0, 0.1) is 0 Å². The molecule has 0 atom stereocenters. The first-order valence-electron chi connectivity index (χ1n) is 2.12. The largest absolute Gasteiger partial charge is 4.00 e. The summed E-state index contributed by atoms with van der Waals surface area (Å²) in [6.45, 7) is 4.58. The van der Waals surface area contributed by atoms with E-state index in [0.29, 0.717) is 13.1 Å². The van der Waals surface area contributed by atoms with E-state index in [9.17, 15) is 0 Å². The second-order valence-electron chi connectivity index (χ2n) is 0.707. The van der Waals surface area contributed by atoms with Gasteiger partial charge in [-0.3, -0.25) is 0 Å². The third-order valence-corrected chi connectivity index (χ3v) is 0. The van der Waals surface area contributed by atoms with E-state index in [1.807, 2.05) is 0 Å². The summed E-state index contributed by atoms with van der Waals surface area (Å²) in [7, 11) is 0. The zero-order valence-electron chi connectivity index (χ0n) is 5.49. The molecule has 0 rings (SSSR count).